The van der Waals surface area contributed by atoms with Crippen molar-refractivity contribution in [3.8, 4) is 0 Å². The number of rotatable bonds is 4. The average molecular weight is 260 g/mol. The molecule has 104 valence electrons. The van der Waals surface area contributed by atoms with Crippen LogP contribution < -0.4 is 10.6 Å². The number of carbonyl (C=O) groups is 1. The molecule has 0 saturated carbocycles. The van der Waals surface area contributed by atoms with Gasteiger partial charge in [-0.25, -0.2) is 0 Å². The van der Waals surface area contributed by atoms with Crippen molar-refractivity contribution < 1.29 is 4.79 Å². The number of hydrogen-bond donors (Lipinski definition) is 2. The fraction of sp³-hybridized carbons (Fsp3) is 0.562. The summed E-state index contributed by atoms with van der Waals surface area (Å²) in [5, 5.41) is 6.57. The maximum Gasteiger partial charge on any atom is 0.225 e. The molecule has 3 nitrogen and oxygen atoms in total. The molecule has 0 aromatic heterocycles. The van der Waals surface area contributed by atoms with Gasteiger partial charge in [-0.1, -0.05) is 45.0 Å². The Balaban J connectivity index is 2.00. The van der Waals surface area contributed by atoms with Crippen LogP contribution in [0.5, 0.6) is 0 Å². The molecule has 1 heterocycles. The van der Waals surface area contributed by atoms with Gasteiger partial charge in [0.2, 0.25) is 5.91 Å². The second kappa shape index (κ2) is 5.74. The lowest BCUT2D eigenvalue weighted by molar-refractivity contribution is -0.129. The maximum atomic E-state index is 12.1. The van der Waals surface area contributed by atoms with Crippen molar-refractivity contribution in [2.75, 3.05) is 13.1 Å². The van der Waals surface area contributed by atoms with Crippen molar-refractivity contribution >= 4 is 5.91 Å². The molecule has 0 spiro atoms. The SMILES string of the molecule is CCC(C)(C)C(=O)NCC1NCCc2ccccc21. The van der Waals surface area contributed by atoms with Crippen LogP contribution in [0.15, 0.2) is 24.3 Å². The third-order valence-electron chi connectivity index (χ3n) is 4.18. The van der Waals surface area contributed by atoms with Crippen LogP contribution in [0.2, 0.25) is 0 Å². The molecule has 0 aliphatic carbocycles. The van der Waals surface area contributed by atoms with E-state index in [1.54, 1.807) is 0 Å². The van der Waals surface area contributed by atoms with Crippen LogP contribution in [-0.2, 0) is 11.2 Å². The van der Waals surface area contributed by atoms with Gasteiger partial charge in [0.1, 0.15) is 0 Å². The Morgan fingerprint density at radius 3 is 2.89 bits per heavy atom. The van der Waals surface area contributed by atoms with Crippen molar-refractivity contribution in [3.63, 3.8) is 0 Å². The molecule has 0 radical (unpaired) electrons. The van der Waals surface area contributed by atoms with Gasteiger partial charge in [0.25, 0.3) is 0 Å². The second-order valence-electron chi connectivity index (χ2n) is 5.90. The van der Waals surface area contributed by atoms with Crippen molar-refractivity contribution in [3.05, 3.63) is 35.4 Å². The van der Waals surface area contributed by atoms with Crippen LogP contribution in [0.25, 0.3) is 0 Å². The van der Waals surface area contributed by atoms with E-state index in [4.69, 9.17) is 0 Å². The Morgan fingerprint density at radius 2 is 2.16 bits per heavy atom. The van der Waals surface area contributed by atoms with Crippen molar-refractivity contribution in [2.24, 2.45) is 5.41 Å². The number of carbonyl (C=O) groups excluding carboxylic acids is 1. The Morgan fingerprint density at radius 1 is 1.42 bits per heavy atom. The summed E-state index contributed by atoms with van der Waals surface area (Å²) in [4.78, 5) is 12.1. The lowest BCUT2D eigenvalue weighted by Crippen LogP contribution is -2.43. The predicted molar refractivity (Wildman–Crippen MR) is 78.0 cm³/mol. The minimum atomic E-state index is -0.284. The van der Waals surface area contributed by atoms with Gasteiger partial charge in [-0.15, -0.1) is 0 Å². The summed E-state index contributed by atoms with van der Waals surface area (Å²) in [6.45, 7) is 7.68. The van der Waals surface area contributed by atoms with Gasteiger partial charge in [0.15, 0.2) is 0 Å². The molecule has 2 rings (SSSR count). The summed E-state index contributed by atoms with van der Waals surface area (Å²) in [5.74, 6) is 0.139. The Bertz CT molecular complexity index is 454. The molecule has 2 N–H and O–H groups in total. The van der Waals surface area contributed by atoms with E-state index in [0.717, 1.165) is 19.4 Å². The molecule has 1 aromatic carbocycles. The molecule has 1 amide bonds. The molecule has 0 saturated heterocycles. The Hall–Kier alpha value is -1.35. The highest BCUT2D eigenvalue weighted by Gasteiger charge is 2.26. The van der Waals surface area contributed by atoms with Crippen LogP contribution in [0, 0.1) is 5.41 Å². The maximum absolute atomic E-state index is 12.1. The van der Waals surface area contributed by atoms with E-state index in [2.05, 4.69) is 34.9 Å². The zero-order chi connectivity index (χ0) is 13.9. The molecule has 19 heavy (non-hydrogen) atoms. The highest BCUT2D eigenvalue weighted by atomic mass is 16.2. The number of hydrogen-bond acceptors (Lipinski definition) is 2. The van der Waals surface area contributed by atoms with E-state index in [-0.39, 0.29) is 17.4 Å². The first-order valence-electron chi connectivity index (χ1n) is 7.14. The van der Waals surface area contributed by atoms with Gasteiger partial charge < -0.3 is 10.6 Å². The molecule has 0 bridgehead atoms. The van der Waals surface area contributed by atoms with Gasteiger partial charge in [-0.05, 0) is 30.5 Å². The van der Waals surface area contributed by atoms with Crippen LogP contribution in [0.4, 0.5) is 0 Å². The highest BCUT2D eigenvalue weighted by Crippen LogP contribution is 2.23. The molecule has 0 fully saturated rings. The van der Waals surface area contributed by atoms with Crippen LogP contribution in [0.3, 0.4) is 0 Å². The fourth-order valence-corrected chi connectivity index (χ4v) is 2.37. The zero-order valence-corrected chi connectivity index (χ0v) is 12.1. The summed E-state index contributed by atoms with van der Waals surface area (Å²) in [6, 6.07) is 8.72. The molecule has 1 aromatic rings. The van der Waals surface area contributed by atoms with Crippen molar-refractivity contribution in [2.45, 2.75) is 39.7 Å². The molecule has 1 aliphatic rings. The minimum absolute atomic E-state index is 0.139. The third kappa shape index (κ3) is 3.16. The summed E-state index contributed by atoms with van der Waals surface area (Å²) in [5.41, 5.74) is 2.44. The van der Waals surface area contributed by atoms with E-state index in [1.165, 1.54) is 11.1 Å². The van der Waals surface area contributed by atoms with Gasteiger partial charge in [-0.3, -0.25) is 4.79 Å². The first-order valence-corrected chi connectivity index (χ1v) is 7.14. The quantitative estimate of drug-likeness (QED) is 0.873. The Labute approximate surface area is 115 Å². The van der Waals surface area contributed by atoms with E-state index in [1.807, 2.05) is 20.8 Å². The Kier molecular flexibility index (Phi) is 4.25. The smallest absolute Gasteiger partial charge is 0.225 e. The van der Waals surface area contributed by atoms with Crippen molar-refractivity contribution in [1.29, 1.82) is 0 Å². The predicted octanol–water partition coefficient (Wildman–Crippen LogP) is 2.43. The molecule has 1 unspecified atom stereocenters. The van der Waals surface area contributed by atoms with Crippen molar-refractivity contribution in [1.82, 2.24) is 10.6 Å². The number of benzene rings is 1. The van der Waals surface area contributed by atoms with Gasteiger partial charge >= 0.3 is 0 Å². The second-order valence-corrected chi connectivity index (χ2v) is 5.90. The number of amides is 1. The van der Waals surface area contributed by atoms with Crippen LogP contribution in [-0.4, -0.2) is 19.0 Å². The van der Waals surface area contributed by atoms with Crippen LogP contribution in [0.1, 0.15) is 44.4 Å². The normalized spacial score (nSPS) is 18.8. The monoisotopic (exact) mass is 260 g/mol. The molecule has 1 atom stereocenters. The lowest BCUT2D eigenvalue weighted by atomic mass is 9.89. The molecular formula is C16H24N2O. The average Bonchev–Trinajstić information content (AvgIpc) is 2.44. The molecule has 3 heteroatoms. The van der Waals surface area contributed by atoms with E-state index < -0.39 is 0 Å². The number of fused-ring (bicyclic) bond motifs is 1. The minimum Gasteiger partial charge on any atom is -0.354 e. The third-order valence-corrected chi connectivity index (χ3v) is 4.18. The van der Waals surface area contributed by atoms with E-state index in [9.17, 15) is 4.79 Å². The first kappa shape index (κ1) is 14.1. The summed E-state index contributed by atoms with van der Waals surface area (Å²) in [6.07, 6.45) is 1.93. The summed E-state index contributed by atoms with van der Waals surface area (Å²) < 4.78 is 0. The van der Waals surface area contributed by atoms with Gasteiger partial charge in [0.05, 0.1) is 0 Å². The standard InChI is InChI=1S/C16H24N2O/c1-4-16(2,3)15(19)18-11-14-13-8-6-5-7-12(13)9-10-17-14/h5-8,14,17H,4,9-11H2,1-3H3,(H,18,19). The van der Waals surface area contributed by atoms with E-state index in [0.29, 0.717) is 6.54 Å². The van der Waals surface area contributed by atoms with Gasteiger partial charge in [-0.2, -0.15) is 0 Å². The first-order chi connectivity index (χ1) is 9.04. The summed E-state index contributed by atoms with van der Waals surface area (Å²) in [7, 11) is 0. The van der Waals surface area contributed by atoms with Gasteiger partial charge in [0, 0.05) is 18.0 Å². The fourth-order valence-electron chi connectivity index (χ4n) is 2.37. The molecular weight excluding hydrogens is 236 g/mol. The largest absolute Gasteiger partial charge is 0.354 e. The zero-order valence-electron chi connectivity index (χ0n) is 12.1. The molecule has 1 aliphatic heterocycles. The lowest BCUT2D eigenvalue weighted by Gasteiger charge is -2.29. The highest BCUT2D eigenvalue weighted by molar-refractivity contribution is 5.81. The summed E-state index contributed by atoms with van der Waals surface area (Å²) >= 11 is 0. The number of nitrogens with one attached hydrogen (secondary N) is 2. The van der Waals surface area contributed by atoms with E-state index >= 15 is 0 Å². The van der Waals surface area contributed by atoms with Crippen LogP contribution >= 0.6 is 0 Å². The topological polar surface area (TPSA) is 41.1 Å².